The monoisotopic (exact) mass is 343 g/mol. The van der Waals surface area contributed by atoms with E-state index in [1.807, 2.05) is 0 Å². The largest absolute Gasteiger partial charge is 0.296 e. The molecular weight excluding hydrogens is 330 g/mol. The molecule has 9 nitrogen and oxygen atoms in total. The van der Waals surface area contributed by atoms with Crippen molar-refractivity contribution in [2.45, 2.75) is 12.8 Å². The fourth-order valence-corrected chi connectivity index (χ4v) is 2.27. The number of nitro groups is 2. The van der Waals surface area contributed by atoms with Crippen LogP contribution in [0.25, 0.3) is 0 Å². The number of carbonyl (C=O) groups excluding carboxylic acids is 2. The van der Waals surface area contributed by atoms with E-state index < -0.39 is 21.7 Å². The van der Waals surface area contributed by atoms with Crippen LogP contribution in [-0.2, 0) is 22.4 Å². The third-order valence-electron chi connectivity index (χ3n) is 3.36. The maximum atomic E-state index is 11.9. The minimum atomic E-state index is -0.724. The minimum Gasteiger partial charge on any atom is -0.296 e. The summed E-state index contributed by atoms with van der Waals surface area (Å²) < 4.78 is 0. The summed E-state index contributed by atoms with van der Waals surface area (Å²) >= 11 is 0. The molecule has 0 heterocycles. The Morgan fingerprint density at radius 3 is 1.48 bits per heavy atom. The van der Waals surface area contributed by atoms with Gasteiger partial charge in [0, 0.05) is 23.3 Å². The van der Waals surface area contributed by atoms with E-state index in [-0.39, 0.29) is 35.3 Å². The van der Waals surface area contributed by atoms with E-state index in [4.69, 9.17) is 0 Å². The highest BCUT2D eigenvalue weighted by atomic mass is 16.6. The summed E-state index contributed by atoms with van der Waals surface area (Å²) in [5.41, 5.74) is -0.0976. The number of amides is 2. The summed E-state index contributed by atoms with van der Waals surface area (Å²) in [6.45, 7) is 0. The van der Waals surface area contributed by atoms with E-state index in [0.717, 1.165) is 0 Å². The molecule has 0 radical (unpaired) electrons. The molecule has 2 amide bonds. The number of imide groups is 1. The van der Waals surface area contributed by atoms with Crippen LogP contribution in [0, 0.1) is 20.2 Å². The van der Waals surface area contributed by atoms with Gasteiger partial charge in [-0.05, 0) is 0 Å². The Balaban J connectivity index is 2.03. The average molecular weight is 343 g/mol. The lowest BCUT2D eigenvalue weighted by molar-refractivity contribution is -0.385. The first-order chi connectivity index (χ1) is 11.9. The van der Waals surface area contributed by atoms with Crippen molar-refractivity contribution in [1.82, 2.24) is 5.32 Å². The summed E-state index contributed by atoms with van der Waals surface area (Å²) in [4.78, 5) is 44.4. The average Bonchev–Trinajstić information content (AvgIpc) is 2.55. The quantitative estimate of drug-likeness (QED) is 0.629. The second-order valence-electron chi connectivity index (χ2n) is 5.10. The van der Waals surface area contributed by atoms with E-state index in [1.165, 1.54) is 36.4 Å². The first-order valence-corrected chi connectivity index (χ1v) is 7.15. The number of carbonyl (C=O) groups is 2. The molecule has 2 rings (SSSR count). The second kappa shape index (κ2) is 7.77. The van der Waals surface area contributed by atoms with Crippen LogP contribution in [0.5, 0.6) is 0 Å². The van der Waals surface area contributed by atoms with Gasteiger partial charge in [-0.2, -0.15) is 0 Å². The van der Waals surface area contributed by atoms with Gasteiger partial charge in [0.2, 0.25) is 11.8 Å². The second-order valence-corrected chi connectivity index (χ2v) is 5.10. The Kier molecular flexibility index (Phi) is 5.51. The van der Waals surface area contributed by atoms with Gasteiger partial charge < -0.3 is 0 Å². The highest BCUT2D eigenvalue weighted by Gasteiger charge is 2.19. The minimum absolute atomic E-state index is 0.170. The van der Waals surface area contributed by atoms with Crippen molar-refractivity contribution in [3.63, 3.8) is 0 Å². The maximum Gasteiger partial charge on any atom is 0.273 e. The zero-order chi connectivity index (χ0) is 18.4. The van der Waals surface area contributed by atoms with E-state index in [2.05, 4.69) is 5.32 Å². The van der Waals surface area contributed by atoms with Gasteiger partial charge in [0.15, 0.2) is 0 Å². The molecule has 128 valence electrons. The molecule has 25 heavy (non-hydrogen) atoms. The van der Waals surface area contributed by atoms with Gasteiger partial charge in [-0.3, -0.25) is 35.1 Å². The predicted molar refractivity (Wildman–Crippen MR) is 86.8 cm³/mol. The molecule has 0 aliphatic rings. The molecule has 0 aliphatic heterocycles. The fourth-order valence-electron chi connectivity index (χ4n) is 2.27. The Hall–Kier alpha value is -3.62. The molecule has 0 aromatic heterocycles. The molecule has 1 N–H and O–H groups in total. The predicted octanol–water partition coefficient (Wildman–Crippen LogP) is 1.93. The van der Waals surface area contributed by atoms with Crippen LogP contribution in [-0.4, -0.2) is 21.7 Å². The van der Waals surface area contributed by atoms with E-state index >= 15 is 0 Å². The molecule has 0 bridgehead atoms. The third-order valence-corrected chi connectivity index (χ3v) is 3.36. The van der Waals surface area contributed by atoms with Crippen molar-refractivity contribution < 1.29 is 19.4 Å². The molecule has 0 atom stereocenters. The van der Waals surface area contributed by atoms with Crippen molar-refractivity contribution in [3.05, 3.63) is 79.9 Å². The molecule has 9 heteroatoms. The van der Waals surface area contributed by atoms with Crippen LogP contribution in [0.3, 0.4) is 0 Å². The van der Waals surface area contributed by atoms with Crippen molar-refractivity contribution in [1.29, 1.82) is 0 Å². The number of hydrogen-bond acceptors (Lipinski definition) is 6. The van der Waals surface area contributed by atoms with Gasteiger partial charge in [-0.15, -0.1) is 0 Å². The number of nitrogens with zero attached hydrogens (tertiary/aromatic N) is 2. The van der Waals surface area contributed by atoms with Gasteiger partial charge in [0.1, 0.15) is 0 Å². The number of nitro benzene ring substituents is 2. The topological polar surface area (TPSA) is 132 Å². The fraction of sp³-hybridized carbons (Fsp3) is 0.125. The Morgan fingerprint density at radius 2 is 1.12 bits per heavy atom. The van der Waals surface area contributed by atoms with Gasteiger partial charge in [-0.1, -0.05) is 36.4 Å². The van der Waals surface area contributed by atoms with Crippen LogP contribution < -0.4 is 5.32 Å². The first kappa shape index (κ1) is 17.7. The summed E-state index contributed by atoms with van der Waals surface area (Å²) in [6, 6.07) is 11.4. The van der Waals surface area contributed by atoms with Crippen LogP contribution in [0.15, 0.2) is 48.5 Å². The Morgan fingerprint density at radius 1 is 0.760 bits per heavy atom. The van der Waals surface area contributed by atoms with E-state index in [9.17, 15) is 29.8 Å². The molecule has 0 aliphatic carbocycles. The highest BCUT2D eigenvalue weighted by Crippen LogP contribution is 2.19. The number of benzene rings is 2. The Labute approximate surface area is 141 Å². The zero-order valence-corrected chi connectivity index (χ0v) is 12.9. The molecule has 0 saturated carbocycles. The van der Waals surface area contributed by atoms with Crippen LogP contribution in [0.1, 0.15) is 11.1 Å². The first-order valence-electron chi connectivity index (χ1n) is 7.15. The SMILES string of the molecule is O=C(Cc1ccccc1[N+](=O)[O-])NC(=O)Cc1ccccc1[N+](=O)[O-]. The van der Waals surface area contributed by atoms with Crippen molar-refractivity contribution in [2.75, 3.05) is 0 Å². The number of para-hydroxylation sites is 2. The zero-order valence-electron chi connectivity index (χ0n) is 12.9. The molecular formula is C16H13N3O6. The van der Waals surface area contributed by atoms with Gasteiger partial charge in [0.05, 0.1) is 22.7 Å². The molecule has 0 spiro atoms. The van der Waals surface area contributed by atoms with Crippen molar-refractivity contribution in [2.24, 2.45) is 0 Å². The van der Waals surface area contributed by atoms with Crippen LogP contribution in [0.4, 0.5) is 11.4 Å². The van der Waals surface area contributed by atoms with Gasteiger partial charge in [-0.25, -0.2) is 0 Å². The smallest absolute Gasteiger partial charge is 0.273 e. The number of nitrogens with one attached hydrogen (secondary N) is 1. The lowest BCUT2D eigenvalue weighted by Gasteiger charge is -2.05. The normalized spacial score (nSPS) is 10.1. The van der Waals surface area contributed by atoms with Crippen LogP contribution in [0.2, 0.25) is 0 Å². The molecule has 2 aromatic carbocycles. The highest BCUT2D eigenvalue weighted by molar-refractivity contribution is 5.97. The maximum absolute atomic E-state index is 11.9. The number of rotatable bonds is 6. The van der Waals surface area contributed by atoms with Crippen molar-refractivity contribution >= 4 is 23.2 Å². The van der Waals surface area contributed by atoms with Crippen molar-refractivity contribution in [3.8, 4) is 0 Å². The lowest BCUT2D eigenvalue weighted by atomic mass is 10.1. The van der Waals surface area contributed by atoms with Gasteiger partial charge in [0.25, 0.3) is 11.4 Å². The van der Waals surface area contributed by atoms with E-state index in [1.54, 1.807) is 12.1 Å². The number of hydrogen-bond donors (Lipinski definition) is 1. The molecule has 0 unspecified atom stereocenters. The van der Waals surface area contributed by atoms with Gasteiger partial charge >= 0.3 is 0 Å². The molecule has 0 saturated heterocycles. The molecule has 2 aromatic rings. The molecule has 0 fully saturated rings. The third kappa shape index (κ3) is 4.67. The van der Waals surface area contributed by atoms with E-state index in [0.29, 0.717) is 0 Å². The lowest BCUT2D eigenvalue weighted by Crippen LogP contribution is -2.33. The Bertz CT molecular complexity index is 780. The summed E-state index contributed by atoms with van der Waals surface area (Å²) in [5.74, 6) is -1.45. The standard InChI is InChI=1S/C16H13N3O6/c20-15(9-11-5-1-3-7-13(11)18(22)23)17-16(21)10-12-6-2-4-8-14(12)19(24)25/h1-8H,9-10H2,(H,17,20,21). The summed E-state index contributed by atoms with van der Waals surface area (Å²) in [7, 11) is 0. The summed E-state index contributed by atoms with van der Waals surface area (Å²) in [5, 5.41) is 23.9. The van der Waals surface area contributed by atoms with Crippen LogP contribution >= 0.6 is 0 Å². The summed E-state index contributed by atoms with van der Waals surface area (Å²) in [6.07, 6.45) is -0.695.